The van der Waals surface area contributed by atoms with E-state index in [1.165, 1.54) is 17.0 Å². The first-order chi connectivity index (χ1) is 9.23. The smallest absolute Gasteiger partial charge is 0.0955 e. The minimum atomic E-state index is 0.0544. The second-order valence-corrected chi connectivity index (χ2v) is 5.52. The first-order valence-electron chi connectivity index (χ1n) is 7.06. The molecule has 1 aliphatic heterocycles. The first-order valence-corrected chi connectivity index (χ1v) is 7.06. The van der Waals surface area contributed by atoms with E-state index in [4.69, 9.17) is 0 Å². The van der Waals surface area contributed by atoms with E-state index in [1.807, 2.05) is 6.33 Å². The predicted molar refractivity (Wildman–Crippen MR) is 77.1 cm³/mol. The third kappa shape index (κ3) is 2.19. The molecule has 100 valence electrons. The molecule has 1 aromatic heterocycles. The van der Waals surface area contributed by atoms with Gasteiger partial charge in [0.1, 0.15) is 0 Å². The van der Waals surface area contributed by atoms with Crippen molar-refractivity contribution in [1.82, 2.24) is 14.9 Å². The summed E-state index contributed by atoms with van der Waals surface area (Å²) in [7, 11) is 0. The van der Waals surface area contributed by atoms with Crippen molar-refractivity contribution in [2.24, 2.45) is 0 Å². The van der Waals surface area contributed by atoms with E-state index < -0.39 is 0 Å². The van der Waals surface area contributed by atoms with E-state index in [0.717, 1.165) is 25.9 Å². The quantitative estimate of drug-likeness (QED) is 0.914. The number of fused-ring (bicyclic) bond motifs is 1. The molecule has 0 radical (unpaired) electrons. The molecule has 0 aliphatic carbocycles. The van der Waals surface area contributed by atoms with E-state index in [2.05, 4.69) is 59.0 Å². The van der Waals surface area contributed by atoms with E-state index in [0.29, 0.717) is 0 Å². The van der Waals surface area contributed by atoms with Crippen LogP contribution >= 0.6 is 0 Å². The van der Waals surface area contributed by atoms with Gasteiger partial charge < -0.3 is 9.88 Å². The number of benzene rings is 1. The molecule has 1 aliphatic rings. The zero-order chi connectivity index (χ0) is 13.3. The topological polar surface area (TPSA) is 29.9 Å². The van der Waals surface area contributed by atoms with E-state index in [-0.39, 0.29) is 5.54 Å². The highest BCUT2D eigenvalue weighted by Crippen LogP contribution is 2.31. The lowest BCUT2D eigenvalue weighted by molar-refractivity contribution is 0.314. The summed E-state index contributed by atoms with van der Waals surface area (Å²) in [5.41, 5.74) is 4.01. The normalized spacial score (nSPS) is 22.2. The second kappa shape index (κ2) is 4.82. The van der Waals surface area contributed by atoms with Crippen LogP contribution in [0.1, 0.15) is 37.2 Å². The van der Waals surface area contributed by atoms with Crippen LogP contribution in [0.15, 0.2) is 36.7 Å². The maximum absolute atomic E-state index is 4.62. The fourth-order valence-electron chi connectivity index (χ4n) is 2.98. The van der Waals surface area contributed by atoms with Crippen molar-refractivity contribution in [2.75, 3.05) is 6.54 Å². The van der Waals surface area contributed by atoms with Crippen LogP contribution in [0.2, 0.25) is 0 Å². The van der Waals surface area contributed by atoms with Crippen molar-refractivity contribution in [1.29, 1.82) is 0 Å². The number of aromatic nitrogens is 2. The Morgan fingerprint density at radius 2 is 2.11 bits per heavy atom. The standard InChI is InChI=1S/C16H21N3/c1-3-16(2)15-14(9-10-18-16)17-12-19(15)11-13-7-5-4-6-8-13/h4-8,12,18H,3,9-11H2,1-2H3. The highest BCUT2D eigenvalue weighted by atomic mass is 15.1. The van der Waals surface area contributed by atoms with Gasteiger partial charge in [0.25, 0.3) is 0 Å². The van der Waals surface area contributed by atoms with Crippen molar-refractivity contribution in [3.8, 4) is 0 Å². The number of rotatable bonds is 3. The molecule has 3 heteroatoms. The molecule has 0 spiro atoms. The molecule has 1 aromatic carbocycles. The molecule has 19 heavy (non-hydrogen) atoms. The zero-order valence-corrected chi connectivity index (χ0v) is 11.7. The van der Waals surface area contributed by atoms with Crippen molar-refractivity contribution in [2.45, 2.75) is 38.8 Å². The third-order valence-electron chi connectivity index (χ3n) is 4.22. The van der Waals surface area contributed by atoms with E-state index in [1.54, 1.807) is 0 Å². The van der Waals surface area contributed by atoms with Crippen LogP contribution in [-0.4, -0.2) is 16.1 Å². The number of nitrogens with one attached hydrogen (secondary N) is 1. The largest absolute Gasteiger partial charge is 0.328 e. The fourth-order valence-corrected chi connectivity index (χ4v) is 2.98. The van der Waals surface area contributed by atoms with Crippen molar-refractivity contribution in [3.63, 3.8) is 0 Å². The summed E-state index contributed by atoms with van der Waals surface area (Å²) in [6, 6.07) is 10.6. The molecular weight excluding hydrogens is 234 g/mol. The number of hydrogen-bond acceptors (Lipinski definition) is 2. The molecule has 2 aromatic rings. The minimum absolute atomic E-state index is 0.0544. The van der Waals surface area contributed by atoms with Crippen LogP contribution < -0.4 is 5.32 Å². The van der Waals surface area contributed by atoms with Gasteiger partial charge in [0.2, 0.25) is 0 Å². The molecule has 0 fully saturated rings. The number of hydrogen-bond donors (Lipinski definition) is 1. The SMILES string of the molecule is CCC1(C)NCCc2ncn(Cc3ccccc3)c21. The van der Waals surface area contributed by atoms with Gasteiger partial charge in [0, 0.05) is 19.5 Å². The van der Waals surface area contributed by atoms with Crippen LogP contribution in [0.5, 0.6) is 0 Å². The highest BCUT2D eigenvalue weighted by molar-refractivity contribution is 5.27. The predicted octanol–water partition coefficient (Wildman–Crippen LogP) is 2.70. The molecule has 3 nitrogen and oxygen atoms in total. The molecule has 0 amide bonds. The number of nitrogens with zero attached hydrogens (tertiary/aromatic N) is 2. The molecular formula is C16H21N3. The molecule has 0 saturated heterocycles. The molecule has 1 N–H and O–H groups in total. The van der Waals surface area contributed by atoms with Crippen LogP contribution in [0.3, 0.4) is 0 Å². The summed E-state index contributed by atoms with van der Waals surface area (Å²) >= 11 is 0. The summed E-state index contributed by atoms with van der Waals surface area (Å²) in [6.45, 7) is 6.45. The molecule has 3 rings (SSSR count). The van der Waals surface area contributed by atoms with Crippen LogP contribution in [-0.2, 0) is 18.5 Å². The maximum atomic E-state index is 4.62. The van der Waals surface area contributed by atoms with Gasteiger partial charge in [0.15, 0.2) is 0 Å². The second-order valence-electron chi connectivity index (χ2n) is 5.52. The molecule has 0 saturated carbocycles. The summed E-state index contributed by atoms with van der Waals surface area (Å²) in [5.74, 6) is 0. The average Bonchev–Trinajstić information content (AvgIpc) is 2.85. The summed E-state index contributed by atoms with van der Waals surface area (Å²) in [5, 5.41) is 3.65. The zero-order valence-electron chi connectivity index (χ0n) is 11.7. The fraction of sp³-hybridized carbons (Fsp3) is 0.438. The van der Waals surface area contributed by atoms with E-state index in [9.17, 15) is 0 Å². The Morgan fingerprint density at radius 3 is 2.84 bits per heavy atom. The molecule has 0 bridgehead atoms. The molecule has 1 unspecified atom stereocenters. The lowest BCUT2D eigenvalue weighted by Gasteiger charge is -2.35. The van der Waals surface area contributed by atoms with Gasteiger partial charge in [0.05, 0.1) is 23.3 Å². The van der Waals surface area contributed by atoms with Crippen molar-refractivity contribution < 1.29 is 0 Å². The average molecular weight is 255 g/mol. The lowest BCUT2D eigenvalue weighted by Crippen LogP contribution is -2.45. The lowest BCUT2D eigenvalue weighted by atomic mass is 9.88. The Balaban J connectivity index is 1.98. The van der Waals surface area contributed by atoms with Gasteiger partial charge in [-0.05, 0) is 18.9 Å². The molecule has 2 heterocycles. The van der Waals surface area contributed by atoms with Gasteiger partial charge >= 0.3 is 0 Å². The maximum Gasteiger partial charge on any atom is 0.0955 e. The Kier molecular flexibility index (Phi) is 3.15. The Labute approximate surface area is 114 Å². The third-order valence-corrected chi connectivity index (χ3v) is 4.22. The summed E-state index contributed by atoms with van der Waals surface area (Å²) in [4.78, 5) is 4.62. The molecule has 1 atom stereocenters. The van der Waals surface area contributed by atoms with Gasteiger partial charge in [-0.3, -0.25) is 0 Å². The minimum Gasteiger partial charge on any atom is -0.328 e. The van der Waals surface area contributed by atoms with Gasteiger partial charge in [-0.2, -0.15) is 0 Å². The monoisotopic (exact) mass is 255 g/mol. The number of imidazole rings is 1. The van der Waals surface area contributed by atoms with Crippen LogP contribution in [0.4, 0.5) is 0 Å². The van der Waals surface area contributed by atoms with Gasteiger partial charge in [-0.25, -0.2) is 4.98 Å². The summed E-state index contributed by atoms with van der Waals surface area (Å²) < 4.78 is 2.31. The Morgan fingerprint density at radius 1 is 1.32 bits per heavy atom. The highest BCUT2D eigenvalue weighted by Gasteiger charge is 2.33. The van der Waals surface area contributed by atoms with Gasteiger partial charge in [-0.1, -0.05) is 37.3 Å². The van der Waals surface area contributed by atoms with Crippen LogP contribution in [0.25, 0.3) is 0 Å². The van der Waals surface area contributed by atoms with Crippen molar-refractivity contribution in [3.05, 3.63) is 53.6 Å². The Hall–Kier alpha value is -1.61. The Bertz CT molecular complexity index is 559. The van der Waals surface area contributed by atoms with Gasteiger partial charge in [-0.15, -0.1) is 0 Å². The van der Waals surface area contributed by atoms with E-state index >= 15 is 0 Å². The van der Waals surface area contributed by atoms with Crippen molar-refractivity contribution >= 4 is 0 Å². The van der Waals surface area contributed by atoms with Crippen LogP contribution in [0, 0.1) is 0 Å². The summed E-state index contributed by atoms with van der Waals surface area (Å²) in [6.07, 6.45) is 4.12. The first kappa shape index (κ1) is 12.4.